The van der Waals surface area contributed by atoms with Gasteiger partial charge in [0, 0.05) is 25.2 Å². The van der Waals surface area contributed by atoms with Crippen LogP contribution in [0.15, 0.2) is 29.4 Å². The summed E-state index contributed by atoms with van der Waals surface area (Å²) in [7, 11) is 0. The van der Waals surface area contributed by atoms with Crippen molar-refractivity contribution < 1.29 is 5.21 Å². The topological polar surface area (TPSA) is 61.8 Å². The second-order valence-corrected chi connectivity index (χ2v) is 3.76. The number of rotatable bonds is 5. The van der Waals surface area contributed by atoms with Gasteiger partial charge in [-0.3, -0.25) is 0 Å². The molecule has 0 aliphatic carbocycles. The Hall–Kier alpha value is -1.71. The van der Waals surface area contributed by atoms with Gasteiger partial charge in [0.25, 0.3) is 0 Å². The van der Waals surface area contributed by atoms with Gasteiger partial charge in [-0.15, -0.1) is 0 Å². The fourth-order valence-corrected chi connectivity index (χ4v) is 1.59. The number of hydrogen-bond acceptors (Lipinski definition) is 3. The molecule has 4 heteroatoms. The Bertz CT molecular complexity index is 363. The quantitative estimate of drug-likeness (QED) is 0.346. The van der Waals surface area contributed by atoms with E-state index in [1.165, 1.54) is 11.3 Å². The molecule has 16 heavy (non-hydrogen) atoms. The molecule has 1 aromatic carbocycles. The third-order valence-corrected chi connectivity index (χ3v) is 2.51. The summed E-state index contributed by atoms with van der Waals surface area (Å²) in [5, 5.41) is 11.5. The zero-order valence-electron chi connectivity index (χ0n) is 9.85. The van der Waals surface area contributed by atoms with E-state index in [4.69, 9.17) is 10.9 Å². The lowest BCUT2D eigenvalue weighted by Crippen LogP contribution is -2.27. The molecule has 0 aliphatic rings. The number of aryl methyl sites for hydroxylation is 1. The molecule has 0 bridgehead atoms. The van der Waals surface area contributed by atoms with Gasteiger partial charge < -0.3 is 15.8 Å². The normalized spacial score (nSPS) is 11.5. The van der Waals surface area contributed by atoms with Crippen molar-refractivity contribution in [3.8, 4) is 0 Å². The minimum atomic E-state index is 0.270. The van der Waals surface area contributed by atoms with Crippen molar-refractivity contribution in [3.05, 3.63) is 29.8 Å². The molecule has 0 aromatic heterocycles. The number of nitrogens with two attached hydrogens (primary N) is 1. The molecule has 88 valence electrons. The number of oxime groups is 1. The Morgan fingerprint density at radius 3 is 2.81 bits per heavy atom. The minimum absolute atomic E-state index is 0.270. The molecule has 0 unspecified atom stereocenters. The highest BCUT2D eigenvalue weighted by atomic mass is 16.4. The van der Waals surface area contributed by atoms with Gasteiger partial charge in [0.05, 0.1) is 0 Å². The third kappa shape index (κ3) is 3.46. The van der Waals surface area contributed by atoms with Crippen LogP contribution >= 0.6 is 0 Å². The van der Waals surface area contributed by atoms with Crippen molar-refractivity contribution >= 4 is 11.5 Å². The van der Waals surface area contributed by atoms with Crippen molar-refractivity contribution in [2.75, 3.05) is 18.0 Å². The van der Waals surface area contributed by atoms with Crippen LogP contribution in [0.1, 0.15) is 18.9 Å². The largest absolute Gasteiger partial charge is 0.409 e. The smallest absolute Gasteiger partial charge is 0.140 e. The van der Waals surface area contributed by atoms with Crippen LogP contribution < -0.4 is 10.6 Å². The summed E-state index contributed by atoms with van der Waals surface area (Å²) >= 11 is 0. The van der Waals surface area contributed by atoms with Crippen LogP contribution in [0.25, 0.3) is 0 Å². The van der Waals surface area contributed by atoms with E-state index in [9.17, 15) is 0 Å². The first-order valence-electron chi connectivity index (χ1n) is 5.45. The second kappa shape index (κ2) is 6.00. The van der Waals surface area contributed by atoms with E-state index in [0.717, 1.165) is 13.1 Å². The van der Waals surface area contributed by atoms with Crippen LogP contribution in [0.3, 0.4) is 0 Å². The highest BCUT2D eigenvalue weighted by Gasteiger charge is 2.05. The minimum Gasteiger partial charge on any atom is -0.409 e. The van der Waals surface area contributed by atoms with Crippen LogP contribution in [0.2, 0.25) is 0 Å². The maximum absolute atomic E-state index is 8.48. The molecule has 4 nitrogen and oxygen atoms in total. The van der Waals surface area contributed by atoms with Crippen LogP contribution in [0.4, 0.5) is 5.69 Å². The average molecular weight is 221 g/mol. The van der Waals surface area contributed by atoms with Crippen LogP contribution in [0, 0.1) is 6.92 Å². The van der Waals surface area contributed by atoms with E-state index >= 15 is 0 Å². The SMILES string of the molecule is CCN(CC/C(N)=N/O)c1cccc(C)c1. The molecule has 1 rings (SSSR count). The number of benzene rings is 1. The maximum atomic E-state index is 8.48. The molecule has 3 N–H and O–H groups in total. The molecular weight excluding hydrogens is 202 g/mol. The Balaban J connectivity index is 2.67. The molecule has 0 saturated carbocycles. The lowest BCUT2D eigenvalue weighted by Gasteiger charge is -2.23. The van der Waals surface area contributed by atoms with Gasteiger partial charge in [0.2, 0.25) is 0 Å². The molecule has 0 heterocycles. The van der Waals surface area contributed by atoms with Gasteiger partial charge in [-0.1, -0.05) is 17.3 Å². The predicted octanol–water partition coefficient (Wildman–Crippen LogP) is 1.96. The van der Waals surface area contributed by atoms with Crippen LogP contribution in [0.5, 0.6) is 0 Å². The Morgan fingerprint density at radius 2 is 2.25 bits per heavy atom. The molecule has 0 amide bonds. The number of hydrogen-bond donors (Lipinski definition) is 2. The molecule has 0 spiro atoms. The molecule has 1 aromatic rings. The van der Waals surface area contributed by atoms with E-state index in [1.54, 1.807) is 0 Å². The van der Waals surface area contributed by atoms with Crippen molar-refractivity contribution in [2.45, 2.75) is 20.3 Å². The average Bonchev–Trinajstić information content (AvgIpc) is 2.29. The lowest BCUT2D eigenvalue weighted by molar-refractivity contribution is 0.317. The summed E-state index contributed by atoms with van der Waals surface area (Å²) < 4.78 is 0. The summed E-state index contributed by atoms with van der Waals surface area (Å²) in [5.74, 6) is 0.270. The number of amidine groups is 1. The van der Waals surface area contributed by atoms with Gasteiger partial charge in [-0.05, 0) is 31.5 Å². The van der Waals surface area contributed by atoms with Crippen molar-refractivity contribution in [1.29, 1.82) is 0 Å². The molecule has 0 atom stereocenters. The van der Waals surface area contributed by atoms with Gasteiger partial charge in [-0.25, -0.2) is 0 Å². The van der Waals surface area contributed by atoms with Crippen LogP contribution in [-0.2, 0) is 0 Å². The second-order valence-electron chi connectivity index (χ2n) is 3.76. The van der Waals surface area contributed by atoms with E-state index in [1.807, 2.05) is 6.07 Å². The first-order chi connectivity index (χ1) is 7.67. The Kier molecular flexibility index (Phi) is 4.64. The standard InChI is InChI=1S/C12H19N3O/c1-3-15(8-7-12(13)14-16)11-6-4-5-10(2)9-11/h4-6,9,16H,3,7-8H2,1-2H3,(H2,13,14). The summed E-state index contributed by atoms with van der Waals surface area (Å²) in [6.45, 7) is 5.83. The van der Waals surface area contributed by atoms with E-state index < -0.39 is 0 Å². The predicted molar refractivity (Wildman–Crippen MR) is 67.1 cm³/mol. The van der Waals surface area contributed by atoms with E-state index in [2.05, 4.69) is 42.1 Å². The highest BCUT2D eigenvalue weighted by molar-refractivity contribution is 5.80. The third-order valence-electron chi connectivity index (χ3n) is 2.51. The first kappa shape index (κ1) is 12.4. The van der Waals surface area contributed by atoms with Crippen molar-refractivity contribution in [1.82, 2.24) is 0 Å². The zero-order valence-corrected chi connectivity index (χ0v) is 9.85. The fourth-order valence-electron chi connectivity index (χ4n) is 1.59. The van der Waals surface area contributed by atoms with Gasteiger partial charge in [0.15, 0.2) is 0 Å². The lowest BCUT2D eigenvalue weighted by atomic mass is 10.2. The molecule has 0 radical (unpaired) electrons. The maximum Gasteiger partial charge on any atom is 0.140 e. The molecular formula is C12H19N3O. The Labute approximate surface area is 96.4 Å². The number of nitrogens with zero attached hydrogens (tertiary/aromatic N) is 2. The summed E-state index contributed by atoms with van der Waals surface area (Å²) in [4.78, 5) is 2.20. The summed E-state index contributed by atoms with van der Waals surface area (Å²) in [5.41, 5.74) is 7.87. The van der Waals surface area contributed by atoms with E-state index in [-0.39, 0.29) is 5.84 Å². The molecule has 0 fully saturated rings. The Morgan fingerprint density at radius 1 is 1.50 bits per heavy atom. The fraction of sp³-hybridized carbons (Fsp3) is 0.417. The van der Waals surface area contributed by atoms with Gasteiger partial charge in [0.1, 0.15) is 5.84 Å². The zero-order chi connectivity index (χ0) is 12.0. The van der Waals surface area contributed by atoms with Crippen molar-refractivity contribution in [2.24, 2.45) is 10.9 Å². The first-order valence-corrected chi connectivity index (χ1v) is 5.45. The molecule has 0 saturated heterocycles. The van der Waals surface area contributed by atoms with Gasteiger partial charge in [-0.2, -0.15) is 0 Å². The summed E-state index contributed by atoms with van der Waals surface area (Å²) in [6.07, 6.45) is 0.568. The molecule has 0 aliphatic heterocycles. The highest BCUT2D eigenvalue weighted by Crippen LogP contribution is 2.15. The van der Waals surface area contributed by atoms with Crippen LogP contribution in [-0.4, -0.2) is 24.1 Å². The summed E-state index contributed by atoms with van der Waals surface area (Å²) in [6, 6.07) is 8.32. The van der Waals surface area contributed by atoms with Crippen molar-refractivity contribution in [3.63, 3.8) is 0 Å². The van der Waals surface area contributed by atoms with E-state index in [0.29, 0.717) is 6.42 Å². The van der Waals surface area contributed by atoms with Gasteiger partial charge >= 0.3 is 0 Å². The number of anilines is 1. The monoisotopic (exact) mass is 221 g/mol.